The maximum absolute atomic E-state index is 10.4. The number of nitrogens with one attached hydrogen (secondary N) is 1. The van der Waals surface area contributed by atoms with Crippen LogP contribution in [0.25, 0.3) is 11.0 Å². The molecule has 1 N–H and O–H groups in total. The van der Waals surface area contributed by atoms with E-state index in [4.69, 9.17) is 0 Å². The second kappa shape index (κ2) is 2.44. The van der Waals surface area contributed by atoms with E-state index in [1.165, 1.54) is 0 Å². The molecule has 2 aromatic rings. The molecule has 3 nitrogen and oxygen atoms in total. The first-order chi connectivity index (χ1) is 5.79. The molecule has 0 unspecified atom stereocenters. The van der Waals surface area contributed by atoms with E-state index < -0.39 is 0 Å². The van der Waals surface area contributed by atoms with Crippen LogP contribution in [0.3, 0.4) is 0 Å². The van der Waals surface area contributed by atoms with Gasteiger partial charge in [0, 0.05) is 11.6 Å². The summed E-state index contributed by atoms with van der Waals surface area (Å²) in [6, 6.07) is 3.79. The third kappa shape index (κ3) is 0.993. The average Bonchev–Trinajstić information content (AvgIpc) is 2.46. The predicted octanol–water partition coefficient (Wildman–Crippen LogP) is 1.68. The minimum absolute atomic E-state index is 0.572. The molecule has 12 heavy (non-hydrogen) atoms. The van der Waals surface area contributed by atoms with E-state index in [0.29, 0.717) is 5.69 Å². The van der Waals surface area contributed by atoms with Crippen LogP contribution < -0.4 is 0 Å². The molecular weight excluding hydrogens is 152 g/mol. The Morgan fingerprint density at radius 2 is 2.33 bits per heavy atom. The summed E-state index contributed by atoms with van der Waals surface area (Å²) in [5.74, 6) is 0. The van der Waals surface area contributed by atoms with Gasteiger partial charge in [-0.3, -0.25) is 4.79 Å². The summed E-state index contributed by atoms with van der Waals surface area (Å²) in [5.41, 5.74) is 2.43. The van der Waals surface area contributed by atoms with Crippen molar-refractivity contribution in [1.29, 1.82) is 0 Å². The van der Waals surface area contributed by atoms with Gasteiger partial charge in [-0.25, -0.2) is 4.98 Å². The minimum Gasteiger partial charge on any atom is -0.337 e. The lowest BCUT2D eigenvalue weighted by atomic mass is 10.2. The number of hydrogen-bond donors (Lipinski definition) is 1. The van der Waals surface area contributed by atoms with Gasteiger partial charge >= 0.3 is 0 Å². The van der Waals surface area contributed by atoms with E-state index in [-0.39, 0.29) is 0 Å². The van der Waals surface area contributed by atoms with Crippen molar-refractivity contribution >= 4 is 17.3 Å². The average molecular weight is 160 g/mol. The largest absolute Gasteiger partial charge is 0.337 e. The van der Waals surface area contributed by atoms with Crippen LogP contribution in [0.15, 0.2) is 18.3 Å². The van der Waals surface area contributed by atoms with Gasteiger partial charge in [-0.15, -0.1) is 0 Å². The Morgan fingerprint density at radius 1 is 1.50 bits per heavy atom. The molecule has 3 heteroatoms. The molecule has 0 aliphatic rings. The van der Waals surface area contributed by atoms with Gasteiger partial charge in [0.2, 0.25) is 0 Å². The Bertz CT molecular complexity index is 431. The van der Waals surface area contributed by atoms with Crippen molar-refractivity contribution in [2.75, 3.05) is 0 Å². The highest BCUT2D eigenvalue weighted by Gasteiger charge is 1.99. The molecule has 0 aliphatic carbocycles. The van der Waals surface area contributed by atoms with Crippen LogP contribution in [-0.4, -0.2) is 16.3 Å². The van der Waals surface area contributed by atoms with Crippen LogP contribution in [0.4, 0.5) is 0 Å². The zero-order valence-corrected chi connectivity index (χ0v) is 6.66. The summed E-state index contributed by atoms with van der Waals surface area (Å²) < 4.78 is 0. The first kappa shape index (κ1) is 7.03. The highest BCUT2D eigenvalue weighted by atomic mass is 16.1. The first-order valence-electron chi connectivity index (χ1n) is 3.70. The maximum Gasteiger partial charge on any atom is 0.166 e. The fourth-order valence-electron chi connectivity index (χ4n) is 1.21. The van der Waals surface area contributed by atoms with Crippen molar-refractivity contribution in [3.8, 4) is 0 Å². The molecule has 0 aliphatic heterocycles. The number of pyridine rings is 1. The van der Waals surface area contributed by atoms with Gasteiger partial charge in [-0.2, -0.15) is 0 Å². The second-order valence-corrected chi connectivity index (χ2v) is 2.79. The van der Waals surface area contributed by atoms with E-state index in [1.54, 1.807) is 12.3 Å². The molecule has 0 saturated carbocycles. The van der Waals surface area contributed by atoms with E-state index in [9.17, 15) is 4.79 Å². The van der Waals surface area contributed by atoms with E-state index in [1.807, 2.05) is 13.0 Å². The lowest BCUT2D eigenvalue weighted by Crippen LogP contribution is -1.78. The molecule has 0 saturated heterocycles. The van der Waals surface area contributed by atoms with Gasteiger partial charge in [-0.05, 0) is 24.6 Å². The molecule has 2 aromatic heterocycles. The second-order valence-electron chi connectivity index (χ2n) is 2.79. The standard InChI is InChI=1S/C9H8N2O/c1-6-2-7-3-8(5-12)11-9(7)10-4-6/h2-5H,1H3,(H,10,11). The maximum atomic E-state index is 10.4. The molecule has 2 rings (SSSR count). The smallest absolute Gasteiger partial charge is 0.166 e. The molecule has 0 radical (unpaired) electrons. The number of H-pyrrole nitrogens is 1. The Kier molecular flexibility index (Phi) is 1.43. The Morgan fingerprint density at radius 3 is 3.08 bits per heavy atom. The summed E-state index contributed by atoms with van der Waals surface area (Å²) >= 11 is 0. The SMILES string of the molecule is Cc1cnc2[nH]c(C=O)cc2c1. The molecular formula is C9H8N2O. The van der Waals surface area contributed by atoms with Gasteiger partial charge in [0.15, 0.2) is 6.29 Å². The number of aryl methyl sites for hydroxylation is 1. The van der Waals surface area contributed by atoms with Crippen molar-refractivity contribution in [1.82, 2.24) is 9.97 Å². The molecule has 0 aromatic carbocycles. The van der Waals surface area contributed by atoms with Crippen molar-refractivity contribution in [3.63, 3.8) is 0 Å². The van der Waals surface area contributed by atoms with Gasteiger partial charge in [0.05, 0.1) is 5.69 Å². The van der Waals surface area contributed by atoms with Crippen molar-refractivity contribution in [2.45, 2.75) is 6.92 Å². The summed E-state index contributed by atoms with van der Waals surface area (Å²) in [4.78, 5) is 17.4. The number of aldehydes is 1. The van der Waals surface area contributed by atoms with Crippen molar-refractivity contribution in [2.24, 2.45) is 0 Å². The third-order valence-electron chi connectivity index (χ3n) is 1.75. The summed E-state index contributed by atoms with van der Waals surface area (Å²) in [7, 11) is 0. The first-order valence-corrected chi connectivity index (χ1v) is 3.70. The number of rotatable bonds is 1. The zero-order valence-electron chi connectivity index (χ0n) is 6.66. The molecule has 2 heterocycles. The Balaban J connectivity index is 2.75. The van der Waals surface area contributed by atoms with Crippen LogP contribution in [0.5, 0.6) is 0 Å². The van der Waals surface area contributed by atoms with Gasteiger partial charge < -0.3 is 4.98 Å². The molecule has 0 bridgehead atoms. The topological polar surface area (TPSA) is 45.8 Å². The number of carbonyl (C=O) groups is 1. The van der Waals surface area contributed by atoms with Crippen LogP contribution in [0.2, 0.25) is 0 Å². The Labute approximate surface area is 69.4 Å². The molecule has 0 atom stereocenters. The lowest BCUT2D eigenvalue weighted by molar-refractivity contribution is 0.112. The summed E-state index contributed by atoms with van der Waals surface area (Å²) in [6.45, 7) is 1.97. The van der Waals surface area contributed by atoms with Crippen LogP contribution >= 0.6 is 0 Å². The molecule has 0 amide bonds. The fraction of sp³-hybridized carbons (Fsp3) is 0.111. The number of hydrogen-bond acceptors (Lipinski definition) is 2. The zero-order chi connectivity index (χ0) is 8.55. The quantitative estimate of drug-likeness (QED) is 0.645. The van der Waals surface area contributed by atoms with Crippen molar-refractivity contribution < 1.29 is 4.79 Å². The van der Waals surface area contributed by atoms with Crippen molar-refractivity contribution in [3.05, 3.63) is 29.6 Å². The number of nitrogens with zero attached hydrogens (tertiary/aromatic N) is 1. The predicted molar refractivity (Wildman–Crippen MR) is 46.2 cm³/mol. The molecule has 0 fully saturated rings. The number of carbonyl (C=O) groups excluding carboxylic acids is 1. The minimum atomic E-state index is 0.572. The normalized spacial score (nSPS) is 10.4. The summed E-state index contributed by atoms with van der Waals surface area (Å²) in [6.07, 6.45) is 2.56. The fourth-order valence-corrected chi connectivity index (χ4v) is 1.21. The number of fused-ring (bicyclic) bond motifs is 1. The monoisotopic (exact) mass is 160 g/mol. The van der Waals surface area contributed by atoms with Crippen LogP contribution in [0.1, 0.15) is 16.1 Å². The third-order valence-corrected chi connectivity index (χ3v) is 1.75. The summed E-state index contributed by atoms with van der Waals surface area (Å²) in [5, 5.41) is 0.983. The van der Waals surface area contributed by atoms with Crippen LogP contribution in [0, 0.1) is 6.92 Å². The van der Waals surface area contributed by atoms with Crippen LogP contribution in [-0.2, 0) is 0 Å². The van der Waals surface area contributed by atoms with E-state index in [0.717, 1.165) is 22.9 Å². The molecule has 60 valence electrons. The van der Waals surface area contributed by atoms with Gasteiger partial charge in [0.1, 0.15) is 5.65 Å². The lowest BCUT2D eigenvalue weighted by Gasteiger charge is -1.89. The highest BCUT2D eigenvalue weighted by molar-refractivity contribution is 5.85. The number of aromatic nitrogens is 2. The van der Waals surface area contributed by atoms with E-state index in [2.05, 4.69) is 9.97 Å². The Hall–Kier alpha value is -1.64. The van der Waals surface area contributed by atoms with Gasteiger partial charge in [-0.1, -0.05) is 0 Å². The van der Waals surface area contributed by atoms with Gasteiger partial charge in [0.25, 0.3) is 0 Å². The highest BCUT2D eigenvalue weighted by Crippen LogP contribution is 2.12. The number of aromatic amines is 1. The molecule has 0 spiro atoms. The van der Waals surface area contributed by atoms with E-state index >= 15 is 0 Å².